The summed E-state index contributed by atoms with van der Waals surface area (Å²) >= 11 is 1.44. The van der Waals surface area contributed by atoms with E-state index in [-0.39, 0.29) is 0 Å². The topological polar surface area (TPSA) is 21.6 Å². The van der Waals surface area contributed by atoms with Gasteiger partial charge >= 0.3 is 0 Å². The second-order valence-electron chi connectivity index (χ2n) is 5.90. The summed E-state index contributed by atoms with van der Waals surface area (Å²) in [5.74, 6) is 1.60. The van der Waals surface area contributed by atoms with Gasteiger partial charge in [-0.2, -0.15) is 0 Å². The van der Waals surface area contributed by atoms with Crippen molar-refractivity contribution in [2.24, 2.45) is 16.3 Å². The second-order valence-corrected chi connectivity index (χ2v) is 6.40. The average molecular weight is 269 g/mol. The Balaban J connectivity index is 1.90. The maximum atomic E-state index is 5.66. The van der Waals surface area contributed by atoms with E-state index in [0.29, 0.717) is 11.3 Å². The molecule has 2 nitrogen and oxygen atoms in total. The molecule has 2 saturated carbocycles. The Kier molecular flexibility index (Phi) is 5.40. The third kappa shape index (κ3) is 3.43. The van der Waals surface area contributed by atoms with Gasteiger partial charge in [0.15, 0.2) is 0 Å². The molecule has 0 saturated heterocycles. The first-order chi connectivity index (χ1) is 8.79. The maximum Gasteiger partial charge on any atom is 0.202 e. The van der Waals surface area contributed by atoms with Gasteiger partial charge in [-0.05, 0) is 50.9 Å². The van der Waals surface area contributed by atoms with E-state index in [1.165, 1.54) is 69.8 Å². The van der Waals surface area contributed by atoms with Crippen molar-refractivity contribution in [2.75, 3.05) is 12.8 Å². The van der Waals surface area contributed by atoms with Crippen LogP contribution in [0.25, 0.3) is 0 Å². The summed E-state index contributed by atoms with van der Waals surface area (Å²) in [5, 5.41) is 0. The van der Waals surface area contributed by atoms with E-state index in [1.807, 2.05) is 6.26 Å². The number of hydrogen-bond donors (Lipinski definition) is 0. The summed E-state index contributed by atoms with van der Waals surface area (Å²) in [4.78, 5) is 4.54. The molecule has 104 valence electrons. The van der Waals surface area contributed by atoms with E-state index in [1.54, 1.807) is 0 Å². The molecule has 2 rings (SSSR count). The van der Waals surface area contributed by atoms with E-state index in [9.17, 15) is 0 Å². The number of aliphatic imine (C=N–C) groups is 1. The van der Waals surface area contributed by atoms with Crippen molar-refractivity contribution in [3.8, 4) is 0 Å². The molecule has 2 aliphatic rings. The minimum absolute atomic E-state index is 0.588. The van der Waals surface area contributed by atoms with Crippen LogP contribution in [0.1, 0.15) is 64.7 Å². The van der Waals surface area contributed by atoms with Gasteiger partial charge in [0.2, 0.25) is 5.90 Å². The molecule has 0 N–H and O–H groups in total. The normalized spacial score (nSPS) is 25.3. The van der Waals surface area contributed by atoms with Gasteiger partial charge in [-0.1, -0.05) is 19.3 Å². The van der Waals surface area contributed by atoms with Crippen LogP contribution in [-0.2, 0) is 4.18 Å². The highest BCUT2D eigenvalue weighted by atomic mass is 32.2. The van der Waals surface area contributed by atoms with E-state index in [4.69, 9.17) is 4.18 Å². The maximum absolute atomic E-state index is 5.66. The zero-order valence-corrected chi connectivity index (χ0v) is 12.7. The summed E-state index contributed by atoms with van der Waals surface area (Å²) < 4.78 is 5.66. The fourth-order valence-electron chi connectivity index (χ4n) is 3.74. The Morgan fingerprint density at radius 2 is 1.83 bits per heavy atom. The van der Waals surface area contributed by atoms with Crippen LogP contribution < -0.4 is 0 Å². The first-order valence-electron chi connectivity index (χ1n) is 7.55. The molecule has 0 radical (unpaired) electrons. The average Bonchev–Trinajstić information content (AvgIpc) is 2.40. The zero-order valence-electron chi connectivity index (χ0n) is 11.9. The Hall–Kier alpha value is -0.180. The van der Waals surface area contributed by atoms with Crippen LogP contribution in [0.2, 0.25) is 0 Å². The molecule has 0 atom stereocenters. The van der Waals surface area contributed by atoms with E-state index >= 15 is 0 Å². The molecule has 3 heteroatoms. The molecule has 0 heterocycles. The van der Waals surface area contributed by atoms with Crippen LogP contribution >= 0.6 is 12.0 Å². The number of nitrogens with zero attached hydrogens (tertiary/aromatic N) is 1. The molecule has 2 fully saturated rings. The van der Waals surface area contributed by atoms with Crippen molar-refractivity contribution in [3.63, 3.8) is 0 Å². The highest BCUT2D eigenvalue weighted by Gasteiger charge is 2.37. The molecular formula is C15H27NOS. The molecule has 0 aromatic carbocycles. The highest BCUT2D eigenvalue weighted by Crippen LogP contribution is 2.49. The van der Waals surface area contributed by atoms with Gasteiger partial charge in [0.1, 0.15) is 0 Å². The molecule has 0 unspecified atom stereocenters. The number of rotatable bonds is 3. The molecule has 0 bridgehead atoms. The predicted molar refractivity (Wildman–Crippen MR) is 80.1 cm³/mol. The first-order valence-corrected chi connectivity index (χ1v) is 8.70. The van der Waals surface area contributed by atoms with Crippen molar-refractivity contribution < 1.29 is 4.18 Å². The van der Waals surface area contributed by atoms with E-state index < -0.39 is 0 Å². The highest BCUT2D eigenvalue weighted by molar-refractivity contribution is 7.94. The summed E-state index contributed by atoms with van der Waals surface area (Å²) in [6.45, 7) is 2.94. The smallest absolute Gasteiger partial charge is 0.202 e. The monoisotopic (exact) mass is 269 g/mol. The summed E-state index contributed by atoms with van der Waals surface area (Å²) in [5.41, 5.74) is 0.700. The largest absolute Gasteiger partial charge is 0.411 e. The van der Waals surface area contributed by atoms with Crippen LogP contribution in [0.15, 0.2) is 4.99 Å². The Labute approximate surface area is 116 Å². The number of hydrogen-bond acceptors (Lipinski definition) is 3. The van der Waals surface area contributed by atoms with E-state index in [2.05, 4.69) is 11.9 Å². The molecule has 0 aliphatic heterocycles. The summed E-state index contributed by atoms with van der Waals surface area (Å²) in [6.07, 6.45) is 14.7. The molecule has 0 aromatic heterocycles. The van der Waals surface area contributed by atoms with Crippen LogP contribution in [0, 0.1) is 11.3 Å². The van der Waals surface area contributed by atoms with Gasteiger partial charge in [-0.3, -0.25) is 4.99 Å². The lowest BCUT2D eigenvalue weighted by Crippen LogP contribution is -2.32. The Morgan fingerprint density at radius 3 is 2.39 bits per heavy atom. The predicted octanol–water partition coefficient (Wildman–Crippen LogP) is 4.84. The van der Waals surface area contributed by atoms with Crippen molar-refractivity contribution in [3.05, 3.63) is 0 Å². The van der Waals surface area contributed by atoms with E-state index in [0.717, 1.165) is 12.4 Å². The van der Waals surface area contributed by atoms with Gasteiger partial charge in [-0.25, -0.2) is 0 Å². The first kappa shape index (κ1) is 14.2. The molecule has 2 aliphatic carbocycles. The SMILES string of the molecule is CCN=C(OSC)C1CCC2(CCCCC2)CC1. The van der Waals surface area contributed by atoms with Gasteiger partial charge in [0.05, 0.1) is 12.0 Å². The molecule has 0 aromatic rings. The van der Waals surface area contributed by atoms with Crippen molar-refractivity contribution in [1.82, 2.24) is 0 Å². The molecule has 0 amide bonds. The molecular weight excluding hydrogens is 242 g/mol. The molecule has 18 heavy (non-hydrogen) atoms. The van der Waals surface area contributed by atoms with Crippen LogP contribution in [0.5, 0.6) is 0 Å². The molecule has 1 spiro atoms. The van der Waals surface area contributed by atoms with Gasteiger partial charge in [0.25, 0.3) is 0 Å². The van der Waals surface area contributed by atoms with Crippen LogP contribution in [0.4, 0.5) is 0 Å². The van der Waals surface area contributed by atoms with Crippen LogP contribution in [-0.4, -0.2) is 18.7 Å². The Bertz CT molecular complexity index is 274. The lowest BCUT2D eigenvalue weighted by atomic mass is 9.63. The van der Waals surface area contributed by atoms with Crippen molar-refractivity contribution >= 4 is 17.9 Å². The van der Waals surface area contributed by atoms with Gasteiger partial charge in [0, 0.05) is 18.7 Å². The quantitative estimate of drug-likeness (QED) is 0.415. The Morgan fingerprint density at radius 1 is 1.17 bits per heavy atom. The lowest BCUT2D eigenvalue weighted by molar-refractivity contribution is 0.109. The standard InChI is InChI=1S/C15H27NOS/c1-3-16-14(17-18-2)13-7-11-15(12-8-13)9-5-4-6-10-15/h13H,3-12H2,1-2H3. The third-order valence-electron chi connectivity index (χ3n) is 4.79. The van der Waals surface area contributed by atoms with Gasteiger partial charge < -0.3 is 4.18 Å². The third-order valence-corrected chi connectivity index (χ3v) is 5.13. The minimum Gasteiger partial charge on any atom is -0.411 e. The van der Waals surface area contributed by atoms with Crippen molar-refractivity contribution in [2.45, 2.75) is 64.7 Å². The summed E-state index contributed by atoms with van der Waals surface area (Å²) in [6, 6.07) is 0. The zero-order chi connectivity index (χ0) is 12.8. The fraction of sp³-hybridized carbons (Fsp3) is 0.933. The minimum atomic E-state index is 0.588. The van der Waals surface area contributed by atoms with Crippen molar-refractivity contribution in [1.29, 1.82) is 0 Å². The summed E-state index contributed by atoms with van der Waals surface area (Å²) in [7, 11) is 0. The van der Waals surface area contributed by atoms with Crippen LogP contribution in [0.3, 0.4) is 0 Å². The lowest BCUT2D eigenvalue weighted by Gasteiger charge is -2.42. The fourth-order valence-corrected chi connectivity index (χ4v) is 4.10. The van der Waals surface area contributed by atoms with Gasteiger partial charge in [-0.15, -0.1) is 0 Å². The second kappa shape index (κ2) is 6.83.